The minimum atomic E-state index is -2.35. The van der Waals surface area contributed by atoms with E-state index < -0.39 is 53.0 Å². The van der Waals surface area contributed by atoms with Gasteiger partial charge in [-0.15, -0.1) is 0 Å². The van der Waals surface area contributed by atoms with Crippen LogP contribution in [0.3, 0.4) is 0 Å². The molecule has 3 aromatic carbocycles. The lowest BCUT2D eigenvalue weighted by atomic mass is 9.90. The zero-order chi connectivity index (χ0) is 33.0. The summed E-state index contributed by atoms with van der Waals surface area (Å²) >= 11 is 0. The van der Waals surface area contributed by atoms with Gasteiger partial charge in [0.25, 0.3) is 5.91 Å². The van der Waals surface area contributed by atoms with Crippen molar-refractivity contribution in [2.24, 2.45) is 5.92 Å². The zero-order valence-corrected chi connectivity index (χ0v) is 25.0. The number of likely N-dealkylation sites (N-methyl/N-ethyl adjacent to an activating group) is 1. The third-order valence-corrected chi connectivity index (χ3v) is 7.94. The Bertz CT molecular complexity index is 1650. The quantitative estimate of drug-likeness (QED) is 0.117. The van der Waals surface area contributed by atoms with Crippen molar-refractivity contribution in [3.05, 3.63) is 130 Å². The Morgan fingerprint density at radius 1 is 0.891 bits per heavy atom. The van der Waals surface area contributed by atoms with Crippen molar-refractivity contribution in [3.8, 4) is 0 Å². The van der Waals surface area contributed by atoms with Gasteiger partial charge in [0, 0.05) is 48.6 Å². The number of carbonyl (C=O) groups is 1. The molecule has 0 spiro atoms. The lowest BCUT2D eigenvalue weighted by Crippen LogP contribution is -2.44. The first-order valence-electron chi connectivity index (χ1n) is 14.6. The van der Waals surface area contributed by atoms with Gasteiger partial charge < -0.3 is 24.8 Å². The molecule has 5 rings (SSSR count). The van der Waals surface area contributed by atoms with E-state index in [1.54, 1.807) is 24.4 Å². The van der Waals surface area contributed by atoms with Gasteiger partial charge >= 0.3 is 0 Å². The highest BCUT2D eigenvalue weighted by molar-refractivity contribution is 6.04. The van der Waals surface area contributed by atoms with Gasteiger partial charge in [0.2, 0.25) is 5.82 Å². The van der Waals surface area contributed by atoms with Crippen molar-refractivity contribution in [2.45, 2.75) is 38.4 Å². The number of benzene rings is 3. The van der Waals surface area contributed by atoms with Gasteiger partial charge in [-0.25, -0.2) is 22.0 Å². The minimum absolute atomic E-state index is 0.0186. The molecule has 46 heavy (non-hydrogen) atoms. The Kier molecular flexibility index (Phi) is 10.4. The molecular formula is C34H32F5N3O4. The number of hydrogen-bond donors (Lipinski definition) is 2. The molecule has 12 heteroatoms. The van der Waals surface area contributed by atoms with Gasteiger partial charge in [-0.1, -0.05) is 49.4 Å². The van der Waals surface area contributed by atoms with Crippen LogP contribution in [0.25, 0.3) is 0 Å². The summed E-state index contributed by atoms with van der Waals surface area (Å²) in [6, 6.07) is 19.1. The molecule has 4 atom stereocenters. The first kappa shape index (κ1) is 33.1. The van der Waals surface area contributed by atoms with Crippen LogP contribution in [0.4, 0.5) is 27.6 Å². The Morgan fingerprint density at radius 2 is 1.59 bits per heavy atom. The summed E-state index contributed by atoms with van der Waals surface area (Å²) in [6.07, 6.45) is 0.762. The monoisotopic (exact) mass is 641 g/mol. The van der Waals surface area contributed by atoms with E-state index in [1.807, 2.05) is 44.3 Å². The van der Waals surface area contributed by atoms with Gasteiger partial charge in [-0.2, -0.15) is 0 Å². The van der Waals surface area contributed by atoms with E-state index in [0.29, 0.717) is 18.7 Å². The number of halogens is 5. The third kappa shape index (κ3) is 7.26. The zero-order valence-electron chi connectivity index (χ0n) is 25.0. The normalized spacial score (nSPS) is 19.8. The van der Waals surface area contributed by atoms with Crippen molar-refractivity contribution in [1.29, 1.82) is 0 Å². The second-order valence-corrected chi connectivity index (χ2v) is 11.2. The van der Waals surface area contributed by atoms with Crippen LogP contribution in [0.15, 0.2) is 72.9 Å². The molecule has 7 nitrogen and oxygen atoms in total. The summed E-state index contributed by atoms with van der Waals surface area (Å²) < 4.78 is 82.4. The van der Waals surface area contributed by atoms with E-state index in [9.17, 15) is 31.9 Å². The standard InChI is InChI=1S/C34H32F5N3O4/c1-19-25(17-42(2)15-13-23-7-3-4-14-40-23)45-34(46-32(19)21-11-9-20(18-43)10-12-21)22-6-5-8-24(16-22)41-33(44)26-27(35)29(37)31(39)30(38)28(26)36/h3-12,14,16,19,25,32,34,43H,13,15,17-18H2,1-2H3,(H,41,44)/t19-,25+,32+,34+/m1/s1. The molecule has 242 valence electrons. The predicted molar refractivity (Wildman–Crippen MR) is 159 cm³/mol. The number of anilines is 1. The van der Waals surface area contributed by atoms with Crippen LogP contribution in [0.2, 0.25) is 0 Å². The first-order valence-corrected chi connectivity index (χ1v) is 14.6. The molecule has 0 aliphatic carbocycles. The highest BCUT2D eigenvalue weighted by Gasteiger charge is 2.39. The number of aliphatic hydroxyl groups is 1. The van der Waals surface area contributed by atoms with E-state index in [0.717, 1.165) is 23.2 Å². The first-order chi connectivity index (χ1) is 22.1. The van der Waals surface area contributed by atoms with Gasteiger partial charge in [-0.3, -0.25) is 9.78 Å². The number of nitrogens with zero attached hydrogens (tertiary/aromatic N) is 2. The van der Waals surface area contributed by atoms with Crippen molar-refractivity contribution in [3.63, 3.8) is 0 Å². The van der Waals surface area contributed by atoms with E-state index in [4.69, 9.17) is 9.47 Å². The third-order valence-electron chi connectivity index (χ3n) is 7.94. The number of aliphatic hydroxyl groups excluding tert-OH is 1. The minimum Gasteiger partial charge on any atom is -0.392 e. The van der Waals surface area contributed by atoms with Crippen molar-refractivity contribution in [1.82, 2.24) is 9.88 Å². The molecule has 1 aliphatic heterocycles. The van der Waals surface area contributed by atoms with E-state index in [2.05, 4.69) is 15.2 Å². The number of pyridine rings is 1. The molecule has 2 heterocycles. The molecule has 0 bridgehead atoms. The smallest absolute Gasteiger partial charge is 0.261 e. The molecule has 1 fully saturated rings. The summed E-state index contributed by atoms with van der Waals surface area (Å²) in [7, 11) is 1.98. The molecule has 1 aliphatic rings. The number of carbonyl (C=O) groups excluding carboxylic acids is 1. The lowest BCUT2D eigenvalue weighted by molar-refractivity contribution is -0.275. The van der Waals surface area contributed by atoms with Crippen LogP contribution < -0.4 is 5.32 Å². The number of aromatic nitrogens is 1. The Hall–Kier alpha value is -4.23. The van der Waals surface area contributed by atoms with Crippen molar-refractivity contribution >= 4 is 11.6 Å². The fourth-order valence-corrected chi connectivity index (χ4v) is 5.34. The van der Waals surface area contributed by atoms with E-state index in [-0.39, 0.29) is 24.3 Å². The summed E-state index contributed by atoms with van der Waals surface area (Å²) in [4.78, 5) is 19.2. The molecule has 1 amide bonds. The topological polar surface area (TPSA) is 83.9 Å². The number of hydrogen-bond acceptors (Lipinski definition) is 6. The summed E-state index contributed by atoms with van der Waals surface area (Å²) in [5.74, 6) is -12.9. The highest BCUT2D eigenvalue weighted by atomic mass is 19.2. The van der Waals surface area contributed by atoms with Gasteiger partial charge in [-0.05, 0) is 42.4 Å². The number of rotatable bonds is 10. The van der Waals surface area contributed by atoms with E-state index >= 15 is 0 Å². The fourth-order valence-electron chi connectivity index (χ4n) is 5.34. The van der Waals surface area contributed by atoms with Crippen LogP contribution in [-0.4, -0.2) is 47.1 Å². The molecule has 0 saturated carbocycles. The molecule has 2 N–H and O–H groups in total. The Balaban J connectivity index is 1.38. The van der Waals surface area contributed by atoms with Gasteiger partial charge in [0.15, 0.2) is 29.6 Å². The number of ether oxygens (including phenoxy) is 2. The highest BCUT2D eigenvalue weighted by Crippen LogP contribution is 2.42. The molecule has 0 unspecified atom stereocenters. The number of amides is 1. The average molecular weight is 642 g/mol. The average Bonchev–Trinajstić information content (AvgIpc) is 3.07. The fraction of sp³-hybridized carbons (Fsp3) is 0.294. The van der Waals surface area contributed by atoms with Gasteiger partial charge in [0.05, 0.1) is 18.8 Å². The molecule has 4 aromatic rings. The Morgan fingerprint density at radius 3 is 2.24 bits per heavy atom. The summed E-state index contributed by atoms with van der Waals surface area (Å²) in [5, 5.41) is 11.7. The predicted octanol–water partition coefficient (Wildman–Crippen LogP) is 6.49. The molecule has 1 saturated heterocycles. The maximum atomic E-state index is 14.3. The van der Waals surface area contributed by atoms with Crippen LogP contribution in [0.5, 0.6) is 0 Å². The van der Waals surface area contributed by atoms with Crippen LogP contribution in [0, 0.1) is 35.0 Å². The van der Waals surface area contributed by atoms with Crippen LogP contribution >= 0.6 is 0 Å². The van der Waals surface area contributed by atoms with Crippen LogP contribution in [0.1, 0.15) is 52.1 Å². The van der Waals surface area contributed by atoms with E-state index in [1.165, 1.54) is 18.2 Å². The second kappa shape index (κ2) is 14.5. The maximum Gasteiger partial charge on any atom is 0.261 e. The molecule has 0 radical (unpaired) electrons. The summed E-state index contributed by atoms with van der Waals surface area (Å²) in [5.41, 5.74) is 1.42. The maximum absolute atomic E-state index is 14.3. The number of nitrogens with one attached hydrogen (secondary N) is 1. The van der Waals surface area contributed by atoms with Crippen molar-refractivity contribution < 1.29 is 41.3 Å². The largest absolute Gasteiger partial charge is 0.392 e. The summed E-state index contributed by atoms with van der Waals surface area (Å²) in [6.45, 7) is 3.15. The molecule has 1 aromatic heterocycles. The lowest BCUT2D eigenvalue weighted by Gasteiger charge is -2.42. The van der Waals surface area contributed by atoms with Gasteiger partial charge in [0.1, 0.15) is 5.56 Å². The second-order valence-electron chi connectivity index (χ2n) is 11.2. The molecular weight excluding hydrogens is 609 g/mol. The SMILES string of the molecule is C[C@@H]1[C@H](CN(C)CCc2ccccn2)O[C@H](c2cccc(NC(=O)c3c(F)c(F)c(F)c(F)c3F)c2)O[C@@H]1c1ccc(CO)cc1. The Labute approximate surface area is 262 Å². The van der Waals surface area contributed by atoms with Crippen molar-refractivity contribution in [2.75, 3.05) is 25.5 Å². The van der Waals surface area contributed by atoms with Crippen LogP contribution in [-0.2, 0) is 22.5 Å².